The molecule has 0 aromatic heterocycles. The predicted molar refractivity (Wildman–Crippen MR) is 108 cm³/mol. The summed E-state index contributed by atoms with van der Waals surface area (Å²) >= 11 is 0. The molecule has 0 heterocycles. The number of nitrogens with zero attached hydrogens (tertiary/aromatic N) is 1. The lowest BCUT2D eigenvalue weighted by Gasteiger charge is -2.12. The number of amides is 1. The number of halogens is 4. The molecule has 0 unspecified atom stereocenters. The Morgan fingerprint density at radius 1 is 1.04 bits per heavy atom. The van der Waals surface area contributed by atoms with Gasteiger partial charge in [-0.1, -0.05) is 19.1 Å². The lowest BCUT2D eigenvalue weighted by Crippen LogP contribution is -2.39. The minimum Gasteiger partial charge on any atom is -0.357 e. The summed E-state index contributed by atoms with van der Waals surface area (Å²) in [4.78, 5) is 15.7. The number of benzene rings is 1. The van der Waals surface area contributed by atoms with Crippen LogP contribution in [0.4, 0.5) is 13.2 Å². The summed E-state index contributed by atoms with van der Waals surface area (Å²) < 4.78 is 37.6. The van der Waals surface area contributed by atoms with Gasteiger partial charge in [0.1, 0.15) is 6.54 Å². The number of nitrogens with one attached hydrogen (secondary N) is 3. The minimum atomic E-state index is -4.32. The molecule has 1 aromatic rings. The highest BCUT2D eigenvalue weighted by Gasteiger charge is 2.29. The van der Waals surface area contributed by atoms with Crippen LogP contribution in [-0.4, -0.2) is 38.0 Å². The number of hydrogen-bond acceptors (Lipinski definition) is 2. The monoisotopic (exact) mass is 486 g/mol. The third kappa shape index (κ3) is 9.83. The number of aliphatic imine (C=N–C) groups is 1. The van der Waals surface area contributed by atoms with E-state index in [-0.39, 0.29) is 36.4 Å². The van der Waals surface area contributed by atoms with E-state index in [0.29, 0.717) is 32.0 Å². The van der Waals surface area contributed by atoms with Crippen molar-refractivity contribution in [1.82, 2.24) is 16.0 Å². The van der Waals surface area contributed by atoms with Gasteiger partial charge in [0.15, 0.2) is 5.96 Å². The van der Waals surface area contributed by atoms with Crippen LogP contribution in [0.3, 0.4) is 0 Å². The van der Waals surface area contributed by atoms with Crippen molar-refractivity contribution >= 4 is 35.8 Å². The highest BCUT2D eigenvalue weighted by molar-refractivity contribution is 14.0. The standard InChI is InChI=1S/C17H25F3N4O.HI/c1-3-10-22-15(25)12-24-16(21-4-2)23-11-9-13-5-7-14(8-6-13)17(18,19)20;/h5-8H,3-4,9-12H2,1-2H3,(H,22,25)(H2,21,23,24);1H. The molecule has 0 aliphatic heterocycles. The molecule has 0 saturated heterocycles. The third-order valence-electron chi connectivity index (χ3n) is 3.28. The molecule has 9 heteroatoms. The van der Waals surface area contributed by atoms with Crippen molar-refractivity contribution in [3.8, 4) is 0 Å². The van der Waals surface area contributed by atoms with Crippen LogP contribution in [0.15, 0.2) is 29.3 Å². The summed E-state index contributed by atoms with van der Waals surface area (Å²) in [6, 6.07) is 5.08. The summed E-state index contributed by atoms with van der Waals surface area (Å²) in [5, 5.41) is 8.82. The Bertz CT molecular complexity index is 562. The summed E-state index contributed by atoms with van der Waals surface area (Å²) in [5.41, 5.74) is 0.134. The topological polar surface area (TPSA) is 65.5 Å². The number of guanidine groups is 1. The fraction of sp³-hybridized carbons (Fsp3) is 0.529. The van der Waals surface area contributed by atoms with Gasteiger partial charge in [0, 0.05) is 19.6 Å². The van der Waals surface area contributed by atoms with E-state index in [2.05, 4.69) is 20.9 Å². The highest BCUT2D eigenvalue weighted by atomic mass is 127. The molecule has 0 aliphatic rings. The normalized spacial score (nSPS) is 11.5. The number of carbonyl (C=O) groups is 1. The number of alkyl halides is 3. The van der Waals surface area contributed by atoms with Crippen LogP contribution >= 0.6 is 24.0 Å². The van der Waals surface area contributed by atoms with Crippen molar-refractivity contribution in [2.45, 2.75) is 32.9 Å². The molecule has 3 N–H and O–H groups in total. The summed E-state index contributed by atoms with van der Waals surface area (Å²) in [6.07, 6.45) is -2.91. The van der Waals surface area contributed by atoms with Crippen LogP contribution in [0.1, 0.15) is 31.4 Å². The molecule has 0 radical (unpaired) electrons. The molecule has 0 atom stereocenters. The first-order valence-electron chi connectivity index (χ1n) is 8.31. The van der Waals surface area contributed by atoms with Crippen molar-refractivity contribution in [3.63, 3.8) is 0 Å². The average Bonchev–Trinajstić information content (AvgIpc) is 2.57. The van der Waals surface area contributed by atoms with E-state index in [9.17, 15) is 18.0 Å². The van der Waals surface area contributed by atoms with Crippen LogP contribution in [0, 0.1) is 0 Å². The van der Waals surface area contributed by atoms with Gasteiger partial charge >= 0.3 is 6.18 Å². The van der Waals surface area contributed by atoms with Crippen LogP contribution in [0.2, 0.25) is 0 Å². The van der Waals surface area contributed by atoms with E-state index in [0.717, 1.165) is 24.1 Å². The molecule has 0 spiro atoms. The van der Waals surface area contributed by atoms with Crippen molar-refractivity contribution in [3.05, 3.63) is 35.4 Å². The quantitative estimate of drug-likeness (QED) is 0.301. The van der Waals surface area contributed by atoms with Gasteiger partial charge in [-0.25, -0.2) is 4.99 Å². The average molecular weight is 486 g/mol. The van der Waals surface area contributed by atoms with Crippen LogP contribution < -0.4 is 16.0 Å². The van der Waals surface area contributed by atoms with Crippen LogP contribution in [0.25, 0.3) is 0 Å². The zero-order valence-corrected chi connectivity index (χ0v) is 17.3. The Morgan fingerprint density at radius 2 is 1.69 bits per heavy atom. The fourth-order valence-electron chi connectivity index (χ4n) is 2.00. The minimum absolute atomic E-state index is 0. The maximum absolute atomic E-state index is 12.5. The van der Waals surface area contributed by atoms with Crippen molar-refractivity contribution in [1.29, 1.82) is 0 Å². The molecule has 1 rings (SSSR count). The molecule has 1 aromatic carbocycles. The predicted octanol–water partition coefficient (Wildman–Crippen LogP) is 2.95. The second-order valence-corrected chi connectivity index (χ2v) is 5.42. The SMILES string of the molecule is CCCNC(=O)CN=C(NCC)NCCc1ccc(C(F)(F)F)cc1.I. The molecule has 1 amide bonds. The molecule has 0 aliphatic carbocycles. The second-order valence-electron chi connectivity index (χ2n) is 5.42. The van der Waals surface area contributed by atoms with Crippen molar-refractivity contribution in [2.24, 2.45) is 4.99 Å². The Labute approximate surface area is 169 Å². The summed E-state index contributed by atoms with van der Waals surface area (Å²) in [7, 11) is 0. The largest absolute Gasteiger partial charge is 0.416 e. The van der Waals surface area contributed by atoms with E-state index in [4.69, 9.17) is 0 Å². The molecule has 148 valence electrons. The fourth-order valence-corrected chi connectivity index (χ4v) is 2.00. The highest BCUT2D eigenvalue weighted by Crippen LogP contribution is 2.29. The van der Waals surface area contributed by atoms with Gasteiger partial charge in [-0.05, 0) is 37.5 Å². The first-order valence-corrected chi connectivity index (χ1v) is 8.31. The molecule has 0 saturated carbocycles. The van der Waals surface area contributed by atoms with Crippen molar-refractivity contribution in [2.75, 3.05) is 26.2 Å². The first kappa shape index (κ1) is 24.5. The van der Waals surface area contributed by atoms with E-state index in [1.807, 2.05) is 13.8 Å². The number of carbonyl (C=O) groups excluding carboxylic acids is 1. The molecule has 0 bridgehead atoms. The van der Waals surface area contributed by atoms with E-state index < -0.39 is 11.7 Å². The molecule has 5 nitrogen and oxygen atoms in total. The zero-order chi connectivity index (χ0) is 18.7. The smallest absolute Gasteiger partial charge is 0.357 e. The van der Waals surface area contributed by atoms with Gasteiger partial charge in [0.2, 0.25) is 5.91 Å². The lowest BCUT2D eigenvalue weighted by molar-refractivity contribution is -0.137. The molecule has 0 fully saturated rings. The number of rotatable bonds is 8. The summed E-state index contributed by atoms with van der Waals surface area (Å²) in [5.74, 6) is 0.350. The zero-order valence-electron chi connectivity index (χ0n) is 14.9. The Hall–Kier alpha value is -1.52. The van der Waals surface area contributed by atoms with Gasteiger partial charge in [0.25, 0.3) is 0 Å². The van der Waals surface area contributed by atoms with E-state index in [1.165, 1.54) is 12.1 Å². The maximum atomic E-state index is 12.5. The van der Waals surface area contributed by atoms with Crippen LogP contribution in [-0.2, 0) is 17.4 Å². The Balaban J connectivity index is 0.00000625. The maximum Gasteiger partial charge on any atom is 0.416 e. The Kier molecular flexibility index (Phi) is 12.0. The van der Waals surface area contributed by atoms with Gasteiger partial charge in [0.05, 0.1) is 5.56 Å². The third-order valence-corrected chi connectivity index (χ3v) is 3.28. The van der Waals surface area contributed by atoms with Gasteiger partial charge in [-0.3, -0.25) is 4.79 Å². The van der Waals surface area contributed by atoms with Crippen LogP contribution in [0.5, 0.6) is 0 Å². The second kappa shape index (κ2) is 12.8. The van der Waals surface area contributed by atoms with E-state index in [1.54, 1.807) is 0 Å². The number of hydrogen-bond donors (Lipinski definition) is 3. The van der Waals surface area contributed by atoms with Crippen molar-refractivity contribution < 1.29 is 18.0 Å². The molecular weight excluding hydrogens is 460 g/mol. The first-order chi connectivity index (χ1) is 11.9. The Morgan fingerprint density at radius 3 is 2.23 bits per heavy atom. The van der Waals surface area contributed by atoms with E-state index >= 15 is 0 Å². The lowest BCUT2D eigenvalue weighted by atomic mass is 10.1. The van der Waals surface area contributed by atoms with Gasteiger partial charge in [-0.2, -0.15) is 13.2 Å². The molecular formula is C17H26F3IN4O. The van der Waals surface area contributed by atoms with Gasteiger partial charge < -0.3 is 16.0 Å². The summed E-state index contributed by atoms with van der Waals surface area (Å²) in [6.45, 7) is 5.65. The molecule has 26 heavy (non-hydrogen) atoms. The van der Waals surface area contributed by atoms with Gasteiger partial charge in [-0.15, -0.1) is 24.0 Å².